The molecule has 3 aromatic carbocycles. The summed E-state index contributed by atoms with van der Waals surface area (Å²) in [5, 5.41) is 4.08. The number of nitrogens with zero attached hydrogens (tertiary/aromatic N) is 1. The van der Waals surface area contributed by atoms with Gasteiger partial charge >= 0.3 is 0 Å². The van der Waals surface area contributed by atoms with E-state index in [0.29, 0.717) is 18.7 Å². The summed E-state index contributed by atoms with van der Waals surface area (Å²) in [6.45, 7) is 7.36. The maximum absolute atomic E-state index is 13.2. The number of nitrogens with one attached hydrogen (secondary N) is 1. The molecule has 4 rings (SSSR count). The van der Waals surface area contributed by atoms with Gasteiger partial charge in [-0.05, 0) is 67.8 Å². The second-order valence-electron chi connectivity index (χ2n) is 7.83. The molecule has 0 spiro atoms. The van der Waals surface area contributed by atoms with Crippen LogP contribution in [0.15, 0.2) is 66.7 Å². The zero-order valence-corrected chi connectivity index (χ0v) is 17.5. The van der Waals surface area contributed by atoms with E-state index >= 15 is 0 Å². The van der Waals surface area contributed by atoms with Gasteiger partial charge in [0.25, 0.3) is 5.91 Å². The van der Waals surface area contributed by atoms with Crippen LogP contribution in [0.25, 0.3) is 10.9 Å². The van der Waals surface area contributed by atoms with Gasteiger partial charge in [-0.15, -0.1) is 0 Å². The minimum Gasteiger partial charge on any atom is -0.348 e. The summed E-state index contributed by atoms with van der Waals surface area (Å²) in [7, 11) is 0. The number of aryl methyl sites for hydroxylation is 2. The van der Waals surface area contributed by atoms with E-state index in [4.69, 9.17) is 0 Å². The number of benzene rings is 3. The summed E-state index contributed by atoms with van der Waals surface area (Å²) in [4.78, 5) is 12.7. The lowest BCUT2D eigenvalue weighted by Crippen LogP contribution is -2.22. The molecule has 1 N–H and O–H groups in total. The van der Waals surface area contributed by atoms with E-state index in [2.05, 4.69) is 29.8 Å². The smallest absolute Gasteiger partial charge is 0.251 e. The lowest BCUT2D eigenvalue weighted by Gasteiger charge is -2.10. The van der Waals surface area contributed by atoms with E-state index in [1.54, 1.807) is 0 Å². The fraction of sp³-hybridized carbons (Fsp3) is 0.192. The molecule has 0 bridgehead atoms. The number of carbonyl (C=O) groups is 1. The first-order valence-electron chi connectivity index (χ1n) is 10.1. The monoisotopic (exact) mass is 400 g/mol. The number of rotatable bonds is 5. The first-order valence-corrected chi connectivity index (χ1v) is 10.1. The Morgan fingerprint density at radius 3 is 2.43 bits per heavy atom. The summed E-state index contributed by atoms with van der Waals surface area (Å²) in [5.74, 6) is -0.313. The van der Waals surface area contributed by atoms with Gasteiger partial charge in [-0.3, -0.25) is 4.79 Å². The molecule has 152 valence electrons. The lowest BCUT2D eigenvalue weighted by molar-refractivity contribution is 0.0951. The molecule has 0 fully saturated rings. The molecule has 0 saturated carbocycles. The van der Waals surface area contributed by atoms with Crippen molar-refractivity contribution < 1.29 is 9.18 Å². The number of amides is 1. The van der Waals surface area contributed by atoms with Crippen molar-refractivity contribution in [3.8, 4) is 0 Å². The number of carbonyl (C=O) groups excluding carboxylic acids is 1. The highest BCUT2D eigenvalue weighted by Gasteiger charge is 2.14. The van der Waals surface area contributed by atoms with Crippen LogP contribution in [0.4, 0.5) is 4.39 Å². The molecule has 3 nitrogen and oxygen atoms in total. The topological polar surface area (TPSA) is 34.0 Å². The fourth-order valence-corrected chi connectivity index (χ4v) is 3.87. The molecule has 0 aliphatic heterocycles. The molecule has 1 amide bonds. The van der Waals surface area contributed by atoms with Crippen LogP contribution < -0.4 is 5.32 Å². The van der Waals surface area contributed by atoms with Crippen molar-refractivity contribution in [2.75, 3.05) is 0 Å². The van der Waals surface area contributed by atoms with Crippen molar-refractivity contribution in [1.29, 1.82) is 0 Å². The number of hydrogen-bond donors (Lipinski definition) is 1. The van der Waals surface area contributed by atoms with E-state index in [0.717, 1.165) is 33.3 Å². The van der Waals surface area contributed by atoms with E-state index in [1.807, 2.05) is 55.5 Å². The van der Waals surface area contributed by atoms with Crippen LogP contribution in [0.5, 0.6) is 0 Å². The summed E-state index contributed by atoms with van der Waals surface area (Å²) in [6, 6.07) is 20.6. The summed E-state index contributed by atoms with van der Waals surface area (Å²) in [6.07, 6.45) is 0. The molecule has 4 heteroatoms. The maximum atomic E-state index is 13.2. The van der Waals surface area contributed by atoms with Crippen molar-refractivity contribution in [2.45, 2.75) is 33.9 Å². The Hall–Kier alpha value is -3.40. The SMILES string of the molecule is Cc1cccc(CNC(=O)c2ccc3c(c2)c(C)c(C)n3Cc2ccc(F)cc2)c1. The Morgan fingerprint density at radius 2 is 1.70 bits per heavy atom. The van der Waals surface area contributed by atoms with Crippen LogP contribution in [0.2, 0.25) is 0 Å². The third kappa shape index (κ3) is 3.99. The average molecular weight is 400 g/mol. The lowest BCUT2D eigenvalue weighted by atomic mass is 10.1. The van der Waals surface area contributed by atoms with Gasteiger partial charge in [0, 0.05) is 35.2 Å². The molecule has 30 heavy (non-hydrogen) atoms. The third-order valence-corrected chi connectivity index (χ3v) is 5.69. The van der Waals surface area contributed by atoms with Crippen LogP contribution in [-0.2, 0) is 13.1 Å². The van der Waals surface area contributed by atoms with Crippen molar-refractivity contribution >= 4 is 16.8 Å². The molecule has 1 aromatic heterocycles. The van der Waals surface area contributed by atoms with Gasteiger partial charge in [-0.2, -0.15) is 0 Å². The molecule has 1 heterocycles. The van der Waals surface area contributed by atoms with Crippen LogP contribution in [0.1, 0.15) is 38.3 Å². The highest BCUT2D eigenvalue weighted by Crippen LogP contribution is 2.27. The highest BCUT2D eigenvalue weighted by atomic mass is 19.1. The summed E-state index contributed by atoms with van der Waals surface area (Å²) < 4.78 is 15.4. The van der Waals surface area contributed by atoms with Crippen LogP contribution in [0.3, 0.4) is 0 Å². The Morgan fingerprint density at radius 1 is 0.933 bits per heavy atom. The Bertz CT molecular complexity index is 1220. The largest absolute Gasteiger partial charge is 0.348 e. The molecule has 0 aliphatic rings. The van der Waals surface area contributed by atoms with Gasteiger partial charge < -0.3 is 9.88 Å². The highest BCUT2D eigenvalue weighted by molar-refractivity contribution is 5.99. The van der Waals surface area contributed by atoms with Gasteiger partial charge in [0.1, 0.15) is 5.82 Å². The predicted molar refractivity (Wildman–Crippen MR) is 119 cm³/mol. The fourth-order valence-electron chi connectivity index (χ4n) is 3.87. The summed E-state index contributed by atoms with van der Waals surface area (Å²) >= 11 is 0. The standard InChI is InChI=1S/C26H25FN2O/c1-17-5-4-6-21(13-17)15-28-26(30)22-9-12-25-24(14-22)18(2)19(3)29(25)16-20-7-10-23(27)11-8-20/h4-14H,15-16H2,1-3H3,(H,28,30). The predicted octanol–water partition coefficient (Wildman–Crippen LogP) is 5.68. The first-order chi connectivity index (χ1) is 14.4. The van der Waals surface area contributed by atoms with Gasteiger partial charge in [-0.1, -0.05) is 42.0 Å². The third-order valence-electron chi connectivity index (χ3n) is 5.69. The first kappa shape index (κ1) is 19.9. The second-order valence-corrected chi connectivity index (χ2v) is 7.83. The quantitative estimate of drug-likeness (QED) is 0.459. The van der Waals surface area contributed by atoms with Crippen LogP contribution in [0, 0.1) is 26.6 Å². The number of aromatic nitrogens is 1. The molecule has 0 radical (unpaired) electrons. The maximum Gasteiger partial charge on any atom is 0.251 e. The molecule has 0 atom stereocenters. The average Bonchev–Trinajstić information content (AvgIpc) is 2.98. The van der Waals surface area contributed by atoms with Gasteiger partial charge in [-0.25, -0.2) is 4.39 Å². The molecular formula is C26H25FN2O. The van der Waals surface area contributed by atoms with Gasteiger partial charge in [0.15, 0.2) is 0 Å². The van der Waals surface area contributed by atoms with E-state index in [-0.39, 0.29) is 11.7 Å². The van der Waals surface area contributed by atoms with Gasteiger partial charge in [0.2, 0.25) is 0 Å². The minimum atomic E-state index is -0.231. The Balaban J connectivity index is 1.58. The zero-order chi connectivity index (χ0) is 21.3. The van der Waals surface area contributed by atoms with Crippen LogP contribution in [-0.4, -0.2) is 10.5 Å². The van der Waals surface area contributed by atoms with Crippen molar-refractivity contribution in [1.82, 2.24) is 9.88 Å². The number of halogens is 1. The van der Waals surface area contributed by atoms with E-state index < -0.39 is 0 Å². The Kier molecular flexibility index (Phi) is 5.40. The zero-order valence-electron chi connectivity index (χ0n) is 17.5. The molecule has 0 unspecified atom stereocenters. The van der Waals surface area contributed by atoms with E-state index in [1.165, 1.54) is 17.7 Å². The minimum absolute atomic E-state index is 0.0817. The molecule has 0 saturated heterocycles. The van der Waals surface area contributed by atoms with Crippen LogP contribution >= 0.6 is 0 Å². The van der Waals surface area contributed by atoms with Crippen molar-refractivity contribution in [2.24, 2.45) is 0 Å². The molecule has 0 aliphatic carbocycles. The summed E-state index contributed by atoms with van der Waals surface area (Å²) in [5.41, 5.74) is 7.32. The van der Waals surface area contributed by atoms with Crippen molar-refractivity contribution in [3.63, 3.8) is 0 Å². The molecular weight excluding hydrogens is 375 g/mol. The second kappa shape index (κ2) is 8.15. The Labute approximate surface area is 176 Å². The number of fused-ring (bicyclic) bond motifs is 1. The van der Waals surface area contributed by atoms with Crippen molar-refractivity contribution in [3.05, 3.63) is 106 Å². The number of hydrogen-bond acceptors (Lipinski definition) is 1. The molecule has 4 aromatic rings. The van der Waals surface area contributed by atoms with E-state index in [9.17, 15) is 9.18 Å². The normalized spacial score (nSPS) is 11.1. The van der Waals surface area contributed by atoms with Gasteiger partial charge in [0.05, 0.1) is 0 Å².